The number of methoxy groups -OCH3 is 1. The van der Waals surface area contributed by atoms with E-state index >= 15 is 0 Å². The fourth-order valence-electron chi connectivity index (χ4n) is 5.67. The van der Waals surface area contributed by atoms with Gasteiger partial charge in [-0.15, -0.1) is 13.2 Å². The molecule has 0 bridgehead atoms. The van der Waals surface area contributed by atoms with E-state index in [4.69, 9.17) is 10.5 Å². The van der Waals surface area contributed by atoms with Gasteiger partial charge in [-0.3, -0.25) is 14.3 Å². The maximum Gasteiger partial charge on any atom is 0.573 e. The van der Waals surface area contributed by atoms with Gasteiger partial charge in [-0.25, -0.2) is 9.78 Å². The van der Waals surface area contributed by atoms with Gasteiger partial charge in [0.25, 0.3) is 5.91 Å². The Morgan fingerprint density at radius 1 is 1.11 bits per heavy atom. The highest BCUT2D eigenvalue weighted by atomic mass is 19.4. The highest BCUT2D eigenvalue weighted by molar-refractivity contribution is 5.99. The van der Waals surface area contributed by atoms with Crippen LogP contribution in [0.5, 0.6) is 5.75 Å². The second-order valence-corrected chi connectivity index (χ2v) is 9.97. The number of anilines is 1. The van der Waals surface area contributed by atoms with Gasteiger partial charge in [-0.2, -0.15) is 0 Å². The Labute approximate surface area is 216 Å². The van der Waals surface area contributed by atoms with Crippen LogP contribution < -0.4 is 16.2 Å². The van der Waals surface area contributed by atoms with Crippen molar-refractivity contribution in [1.29, 1.82) is 0 Å². The number of rotatable bonds is 5. The van der Waals surface area contributed by atoms with Crippen LogP contribution in [0, 0.1) is 0 Å². The number of carbonyl (C=O) groups excluding carboxylic acids is 1. The van der Waals surface area contributed by atoms with Crippen molar-refractivity contribution in [2.75, 3.05) is 25.9 Å². The fourth-order valence-corrected chi connectivity index (χ4v) is 5.67. The molecule has 2 fully saturated rings. The molecule has 0 unspecified atom stereocenters. The third-order valence-corrected chi connectivity index (χ3v) is 7.68. The van der Waals surface area contributed by atoms with E-state index < -0.39 is 12.1 Å². The predicted molar refractivity (Wildman–Crippen MR) is 134 cm³/mol. The van der Waals surface area contributed by atoms with Crippen LogP contribution in [-0.4, -0.2) is 58.0 Å². The fraction of sp³-hybridized carbons (Fsp3) is 0.500. The Morgan fingerprint density at radius 3 is 2.45 bits per heavy atom. The first-order valence-corrected chi connectivity index (χ1v) is 12.7. The van der Waals surface area contributed by atoms with Gasteiger partial charge in [0.2, 0.25) is 0 Å². The molecular weight excluding hydrogens is 503 g/mol. The molecule has 1 aromatic carbocycles. The summed E-state index contributed by atoms with van der Waals surface area (Å²) in [4.78, 5) is 34.9. The number of carbonyl (C=O) groups is 1. The molecule has 204 valence electrons. The van der Waals surface area contributed by atoms with E-state index in [1.165, 1.54) is 6.07 Å². The minimum atomic E-state index is -4.85. The summed E-state index contributed by atoms with van der Waals surface area (Å²) in [6, 6.07) is 5.23. The molecule has 9 nitrogen and oxygen atoms in total. The normalized spacial score (nSPS) is 21.1. The summed E-state index contributed by atoms with van der Waals surface area (Å²) in [7, 11) is 1.74. The summed E-state index contributed by atoms with van der Waals surface area (Å²) in [5, 5.41) is 0. The summed E-state index contributed by atoms with van der Waals surface area (Å²) < 4.78 is 48.5. The monoisotopic (exact) mass is 533 g/mol. The van der Waals surface area contributed by atoms with E-state index in [-0.39, 0.29) is 28.9 Å². The van der Waals surface area contributed by atoms with Crippen LogP contribution >= 0.6 is 0 Å². The van der Waals surface area contributed by atoms with E-state index in [9.17, 15) is 22.8 Å². The number of nitrogens with two attached hydrogens (primary N) is 1. The number of alkyl halides is 3. The van der Waals surface area contributed by atoms with Crippen LogP contribution in [0.3, 0.4) is 0 Å². The lowest BCUT2D eigenvalue weighted by molar-refractivity contribution is -0.274. The number of nitrogens with zero attached hydrogens (tertiary/aromatic N) is 3. The van der Waals surface area contributed by atoms with Crippen LogP contribution in [-0.2, 0) is 4.74 Å². The molecule has 1 amide bonds. The topological polar surface area (TPSA) is 115 Å². The van der Waals surface area contributed by atoms with E-state index in [1.54, 1.807) is 16.6 Å². The van der Waals surface area contributed by atoms with Crippen molar-refractivity contribution >= 4 is 22.8 Å². The number of imidazole rings is 1. The zero-order valence-corrected chi connectivity index (χ0v) is 21.0. The Hall–Kier alpha value is -3.54. The molecule has 0 spiro atoms. The molecule has 1 aliphatic carbocycles. The number of hydrogen-bond donors (Lipinski definition) is 2. The van der Waals surface area contributed by atoms with Crippen LogP contribution in [0.15, 0.2) is 35.3 Å². The number of fused-ring (bicyclic) bond motifs is 1. The smallest absolute Gasteiger partial charge is 0.406 e. The van der Waals surface area contributed by atoms with Crippen molar-refractivity contribution in [3.05, 3.63) is 52.1 Å². The number of aromatic nitrogens is 3. The molecular formula is C26H30F3N5O4. The molecule has 1 aliphatic heterocycles. The van der Waals surface area contributed by atoms with Crippen LogP contribution in [0.25, 0.3) is 11.2 Å². The van der Waals surface area contributed by atoms with Gasteiger partial charge in [0.1, 0.15) is 5.75 Å². The van der Waals surface area contributed by atoms with Gasteiger partial charge in [0.05, 0.1) is 17.2 Å². The average molecular weight is 534 g/mol. The number of amides is 1. The minimum absolute atomic E-state index is 0.0927. The first kappa shape index (κ1) is 26.1. The van der Waals surface area contributed by atoms with Gasteiger partial charge >= 0.3 is 12.1 Å². The third kappa shape index (κ3) is 5.35. The summed E-state index contributed by atoms with van der Waals surface area (Å²) in [5.41, 5.74) is 8.06. The zero-order valence-electron chi connectivity index (χ0n) is 21.0. The van der Waals surface area contributed by atoms with Gasteiger partial charge in [0.15, 0.2) is 5.65 Å². The number of benzene rings is 1. The van der Waals surface area contributed by atoms with Crippen LogP contribution in [0.2, 0.25) is 0 Å². The molecule has 38 heavy (non-hydrogen) atoms. The van der Waals surface area contributed by atoms with E-state index in [2.05, 4.69) is 20.8 Å². The molecule has 0 radical (unpaired) electrons. The van der Waals surface area contributed by atoms with Crippen molar-refractivity contribution in [2.24, 2.45) is 0 Å². The number of hydrogen-bond acceptors (Lipinski definition) is 6. The number of likely N-dealkylation sites (tertiary alicyclic amines) is 1. The lowest BCUT2D eigenvalue weighted by atomic mass is 9.83. The largest absolute Gasteiger partial charge is 0.573 e. The highest BCUT2D eigenvalue weighted by Gasteiger charge is 2.32. The Balaban J connectivity index is 1.29. The van der Waals surface area contributed by atoms with E-state index in [0.717, 1.165) is 48.9 Å². The van der Waals surface area contributed by atoms with Crippen molar-refractivity contribution in [3.8, 4) is 5.75 Å². The standard InChI is InChI=1S/C26H30F3N5O4/c1-37-18-4-2-15(3-5-18)16-12-22-23(31-14-16)32-25(36)34(22)17-8-10-33(11-9-17)24(35)20-7-6-19(13-21(20)30)38-26(27,28)29/h6-7,12-15,17-18H,2-5,8-11,30H2,1H3,(H,31,32,36)/t15-,18-. The second-order valence-electron chi connectivity index (χ2n) is 9.97. The highest BCUT2D eigenvalue weighted by Crippen LogP contribution is 2.35. The van der Waals surface area contributed by atoms with Crippen molar-refractivity contribution < 1.29 is 27.4 Å². The Morgan fingerprint density at radius 2 is 1.82 bits per heavy atom. The third-order valence-electron chi connectivity index (χ3n) is 7.68. The first-order chi connectivity index (χ1) is 18.1. The summed E-state index contributed by atoms with van der Waals surface area (Å²) in [6.07, 6.45) is 2.37. The molecule has 12 heteroatoms. The van der Waals surface area contributed by atoms with Gasteiger partial charge in [-0.05, 0) is 68.2 Å². The molecule has 0 atom stereocenters. The second kappa shape index (κ2) is 10.3. The maximum atomic E-state index is 13.0. The Bertz CT molecular complexity index is 1370. The van der Waals surface area contributed by atoms with Crippen LogP contribution in [0.4, 0.5) is 18.9 Å². The minimum Gasteiger partial charge on any atom is -0.406 e. The molecule has 5 rings (SSSR count). The Kier molecular flexibility index (Phi) is 7.08. The molecule has 3 aromatic rings. The lowest BCUT2D eigenvalue weighted by Crippen LogP contribution is -2.40. The van der Waals surface area contributed by atoms with E-state index in [0.29, 0.717) is 43.6 Å². The quantitative estimate of drug-likeness (QED) is 0.471. The van der Waals surface area contributed by atoms with Gasteiger partial charge < -0.3 is 20.1 Å². The first-order valence-electron chi connectivity index (χ1n) is 12.7. The van der Waals surface area contributed by atoms with Crippen LogP contribution in [0.1, 0.15) is 66.4 Å². The number of ether oxygens (including phenoxy) is 2. The SMILES string of the molecule is CO[C@H]1CC[C@H](c2cnc3[nH]c(=O)n(C4CCN(C(=O)c5ccc(OC(F)(F)F)cc5N)CC4)c3c2)CC1. The molecule has 1 saturated carbocycles. The number of aromatic amines is 1. The summed E-state index contributed by atoms with van der Waals surface area (Å²) >= 11 is 0. The number of nitrogens with one attached hydrogen (secondary N) is 1. The van der Waals surface area contributed by atoms with Gasteiger partial charge in [0, 0.05) is 44.2 Å². The number of halogens is 3. The molecule has 2 aliphatic rings. The predicted octanol–water partition coefficient (Wildman–Crippen LogP) is 4.36. The number of piperidine rings is 1. The lowest BCUT2D eigenvalue weighted by Gasteiger charge is -2.33. The van der Waals surface area contributed by atoms with Crippen molar-refractivity contribution in [1.82, 2.24) is 19.4 Å². The summed E-state index contributed by atoms with van der Waals surface area (Å²) in [5.74, 6) is -0.486. The molecule has 2 aromatic heterocycles. The molecule has 3 heterocycles. The summed E-state index contributed by atoms with van der Waals surface area (Å²) in [6.45, 7) is 0.744. The number of nitrogen functional groups attached to an aromatic ring is 1. The van der Waals surface area contributed by atoms with Crippen molar-refractivity contribution in [3.63, 3.8) is 0 Å². The van der Waals surface area contributed by atoms with Gasteiger partial charge in [-0.1, -0.05) is 0 Å². The molecule has 1 saturated heterocycles. The van der Waals surface area contributed by atoms with Crippen molar-refractivity contribution in [2.45, 2.75) is 63.0 Å². The zero-order chi connectivity index (χ0) is 27.0. The number of pyridine rings is 1. The number of H-pyrrole nitrogens is 1. The van der Waals surface area contributed by atoms with E-state index in [1.807, 2.05) is 6.20 Å². The maximum absolute atomic E-state index is 13.0. The molecule has 3 N–H and O–H groups in total. The average Bonchev–Trinajstić information content (AvgIpc) is 3.22.